The zero-order valence-electron chi connectivity index (χ0n) is 13.2. The van der Waals surface area contributed by atoms with Crippen molar-refractivity contribution in [1.82, 2.24) is 4.98 Å². The van der Waals surface area contributed by atoms with Crippen LogP contribution in [0.1, 0.15) is 32.4 Å². The second-order valence-electron chi connectivity index (χ2n) is 5.88. The number of fused-ring (bicyclic) bond motifs is 1. The van der Waals surface area contributed by atoms with Crippen molar-refractivity contribution in [2.75, 3.05) is 10.2 Å². The Labute approximate surface area is 131 Å². The van der Waals surface area contributed by atoms with E-state index in [0.29, 0.717) is 0 Å². The van der Waals surface area contributed by atoms with Crippen LogP contribution in [0.4, 0.5) is 11.5 Å². The van der Waals surface area contributed by atoms with Gasteiger partial charge in [-0.15, -0.1) is 0 Å². The minimum absolute atomic E-state index is 0.0862. The molecule has 22 heavy (non-hydrogen) atoms. The predicted octanol–water partition coefficient (Wildman–Crippen LogP) is 3.63. The maximum Gasteiger partial charge on any atom is 0.224 e. The largest absolute Gasteiger partial charge is 0.363 e. The van der Waals surface area contributed by atoms with Crippen molar-refractivity contribution >= 4 is 17.4 Å². The maximum atomic E-state index is 12.1. The highest BCUT2D eigenvalue weighted by atomic mass is 16.2. The molecule has 0 saturated carbocycles. The average Bonchev–Trinajstić information content (AvgIpc) is 2.52. The monoisotopic (exact) mass is 295 g/mol. The molecule has 2 aromatic rings. The molecule has 1 unspecified atom stereocenters. The molecule has 0 radical (unpaired) electrons. The lowest BCUT2D eigenvalue weighted by molar-refractivity contribution is -0.117. The number of pyridine rings is 1. The van der Waals surface area contributed by atoms with Gasteiger partial charge < -0.3 is 10.2 Å². The zero-order chi connectivity index (χ0) is 15.7. The van der Waals surface area contributed by atoms with E-state index in [1.807, 2.05) is 41.3 Å². The van der Waals surface area contributed by atoms with Gasteiger partial charge in [-0.1, -0.05) is 31.2 Å². The molecule has 1 aromatic carbocycles. The number of hydrogen-bond acceptors (Lipinski definition) is 3. The lowest BCUT2D eigenvalue weighted by Gasteiger charge is -2.43. The number of rotatable bonds is 2. The van der Waals surface area contributed by atoms with Crippen molar-refractivity contribution in [1.29, 1.82) is 0 Å². The van der Waals surface area contributed by atoms with Crippen LogP contribution >= 0.6 is 0 Å². The molecule has 2 heterocycles. The van der Waals surface area contributed by atoms with E-state index in [0.717, 1.165) is 17.1 Å². The summed E-state index contributed by atoms with van der Waals surface area (Å²) in [5.41, 5.74) is 2.14. The van der Waals surface area contributed by atoms with Crippen LogP contribution in [0.25, 0.3) is 0 Å². The summed E-state index contributed by atoms with van der Waals surface area (Å²) in [6, 6.07) is 14.2. The quantitative estimate of drug-likeness (QED) is 0.920. The van der Waals surface area contributed by atoms with Crippen LogP contribution in [0, 0.1) is 5.92 Å². The van der Waals surface area contributed by atoms with Gasteiger partial charge in [-0.05, 0) is 30.7 Å². The molecular weight excluding hydrogens is 274 g/mol. The Bertz CT molecular complexity index is 671. The number of hydrogen-bond donors (Lipinski definition) is 1. The molecule has 0 bridgehead atoms. The van der Waals surface area contributed by atoms with Gasteiger partial charge in [0.25, 0.3) is 0 Å². The molecule has 1 aromatic heterocycles. The van der Waals surface area contributed by atoms with Gasteiger partial charge in [0, 0.05) is 30.8 Å². The number of nitrogens with one attached hydrogen (secondary N) is 1. The number of para-hydroxylation sites is 1. The zero-order valence-corrected chi connectivity index (χ0v) is 13.2. The van der Waals surface area contributed by atoms with Gasteiger partial charge in [-0.25, -0.2) is 4.98 Å². The van der Waals surface area contributed by atoms with Crippen LogP contribution < -0.4 is 10.2 Å². The topological polar surface area (TPSA) is 45.2 Å². The molecule has 114 valence electrons. The van der Waals surface area contributed by atoms with Crippen molar-refractivity contribution in [3.63, 3.8) is 0 Å². The Balaban J connectivity index is 2.03. The number of nitrogens with zero attached hydrogens (tertiary/aromatic N) is 2. The SMILES string of the molecule is CC(=O)N1c2ccccc2C(Nc2ccccn2)[C@@H](C)[C@@H]1C. The molecule has 1 amide bonds. The highest BCUT2D eigenvalue weighted by Crippen LogP contribution is 2.41. The van der Waals surface area contributed by atoms with E-state index in [4.69, 9.17) is 0 Å². The Hall–Kier alpha value is -2.36. The Morgan fingerprint density at radius 3 is 2.55 bits per heavy atom. The normalized spacial score (nSPS) is 23.8. The van der Waals surface area contributed by atoms with E-state index in [2.05, 4.69) is 30.2 Å². The first kappa shape index (κ1) is 14.6. The third-order valence-corrected chi connectivity index (χ3v) is 4.53. The number of carbonyl (C=O) groups excluding carboxylic acids is 1. The summed E-state index contributed by atoms with van der Waals surface area (Å²) in [4.78, 5) is 18.3. The summed E-state index contributed by atoms with van der Waals surface area (Å²) in [6.45, 7) is 5.92. The van der Waals surface area contributed by atoms with Crippen molar-refractivity contribution in [2.24, 2.45) is 5.92 Å². The van der Waals surface area contributed by atoms with E-state index >= 15 is 0 Å². The summed E-state index contributed by atoms with van der Waals surface area (Å²) in [5, 5.41) is 3.53. The lowest BCUT2D eigenvalue weighted by Crippen LogP contribution is -2.48. The fourth-order valence-electron chi connectivity index (χ4n) is 3.26. The van der Waals surface area contributed by atoms with Crippen LogP contribution in [-0.2, 0) is 4.79 Å². The molecule has 1 aliphatic heterocycles. The first-order valence-electron chi connectivity index (χ1n) is 7.66. The molecule has 1 N–H and O–H groups in total. The fourth-order valence-corrected chi connectivity index (χ4v) is 3.26. The van der Waals surface area contributed by atoms with Gasteiger partial charge in [0.05, 0.1) is 6.04 Å². The minimum atomic E-state index is 0.0862. The van der Waals surface area contributed by atoms with Crippen molar-refractivity contribution in [3.05, 3.63) is 54.2 Å². The summed E-state index contributed by atoms with van der Waals surface area (Å²) in [5.74, 6) is 1.22. The molecule has 1 aliphatic rings. The molecule has 4 nitrogen and oxygen atoms in total. The Morgan fingerprint density at radius 2 is 1.86 bits per heavy atom. The van der Waals surface area contributed by atoms with E-state index in [-0.39, 0.29) is 23.9 Å². The van der Waals surface area contributed by atoms with Crippen LogP contribution in [-0.4, -0.2) is 16.9 Å². The fraction of sp³-hybridized carbons (Fsp3) is 0.333. The van der Waals surface area contributed by atoms with Gasteiger partial charge in [-0.3, -0.25) is 4.79 Å². The molecule has 0 aliphatic carbocycles. The Kier molecular flexibility index (Phi) is 3.84. The third kappa shape index (κ3) is 2.45. The first-order valence-corrected chi connectivity index (χ1v) is 7.66. The van der Waals surface area contributed by atoms with Crippen molar-refractivity contribution in [3.8, 4) is 0 Å². The number of benzene rings is 1. The van der Waals surface area contributed by atoms with E-state index in [1.165, 1.54) is 0 Å². The van der Waals surface area contributed by atoms with E-state index < -0.39 is 0 Å². The van der Waals surface area contributed by atoms with Gasteiger partial charge in [0.2, 0.25) is 5.91 Å². The molecule has 0 saturated heterocycles. The van der Waals surface area contributed by atoms with Gasteiger partial charge in [0.15, 0.2) is 0 Å². The number of anilines is 2. The number of aromatic nitrogens is 1. The maximum absolute atomic E-state index is 12.1. The highest BCUT2D eigenvalue weighted by Gasteiger charge is 2.37. The predicted molar refractivity (Wildman–Crippen MR) is 88.8 cm³/mol. The van der Waals surface area contributed by atoms with E-state index in [1.54, 1.807) is 13.1 Å². The standard InChI is InChI=1S/C18H21N3O/c1-12-13(2)21(14(3)22)16-9-5-4-8-15(16)18(12)20-17-10-6-7-11-19-17/h4-13,18H,1-3H3,(H,19,20)/t12-,13-,18?/m0/s1. The second-order valence-corrected chi connectivity index (χ2v) is 5.88. The molecule has 3 atom stereocenters. The summed E-state index contributed by atoms with van der Waals surface area (Å²) in [7, 11) is 0. The number of amides is 1. The average molecular weight is 295 g/mol. The molecular formula is C18H21N3O. The summed E-state index contributed by atoms with van der Waals surface area (Å²) in [6.07, 6.45) is 1.78. The van der Waals surface area contributed by atoms with Crippen LogP contribution in [0.2, 0.25) is 0 Å². The summed E-state index contributed by atoms with van der Waals surface area (Å²) >= 11 is 0. The summed E-state index contributed by atoms with van der Waals surface area (Å²) < 4.78 is 0. The van der Waals surface area contributed by atoms with Gasteiger partial charge in [-0.2, -0.15) is 0 Å². The molecule has 0 fully saturated rings. The smallest absolute Gasteiger partial charge is 0.224 e. The van der Waals surface area contributed by atoms with Gasteiger partial charge >= 0.3 is 0 Å². The lowest BCUT2D eigenvalue weighted by atomic mass is 9.83. The molecule has 3 rings (SSSR count). The van der Waals surface area contributed by atoms with Crippen LogP contribution in [0.3, 0.4) is 0 Å². The molecule has 0 spiro atoms. The number of carbonyl (C=O) groups is 1. The van der Waals surface area contributed by atoms with Crippen molar-refractivity contribution < 1.29 is 4.79 Å². The van der Waals surface area contributed by atoms with E-state index in [9.17, 15) is 4.79 Å². The second kappa shape index (κ2) is 5.79. The highest BCUT2D eigenvalue weighted by molar-refractivity contribution is 5.93. The minimum Gasteiger partial charge on any atom is -0.363 e. The van der Waals surface area contributed by atoms with Crippen LogP contribution in [0.5, 0.6) is 0 Å². The van der Waals surface area contributed by atoms with Crippen molar-refractivity contribution in [2.45, 2.75) is 32.9 Å². The van der Waals surface area contributed by atoms with Gasteiger partial charge in [0.1, 0.15) is 5.82 Å². The third-order valence-electron chi connectivity index (χ3n) is 4.53. The molecule has 4 heteroatoms. The first-order chi connectivity index (χ1) is 10.6. The Morgan fingerprint density at radius 1 is 1.14 bits per heavy atom. The van der Waals surface area contributed by atoms with Crippen LogP contribution in [0.15, 0.2) is 48.7 Å².